The van der Waals surface area contributed by atoms with Crippen molar-refractivity contribution in [3.05, 3.63) is 144 Å². The Hall–Kier alpha value is -7.92. The van der Waals surface area contributed by atoms with Gasteiger partial charge in [0.25, 0.3) is 0 Å². The summed E-state index contributed by atoms with van der Waals surface area (Å²) < 4.78 is 148. The Kier molecular flexibility index (Phi) is 19.4. The van der Waals surface area contributed by atoms with Crippen molar-refractivity contribution in [1.29, 1.82) is 5.26 Å². The lowest BCUT2D eigenvalue weighted by molar-refractivity contribution is -0.138. The molecule has 3 aromatic carbocycles. The molecular weight excluding hydrogens is 1140 g/mol. The number of sulfonamides is 1. The van der Waals surface area contributed by atoms with Crippen LogP contribution in [0.4, 0.5) is 56.1 Å². The van der Waals surface area contributed by atoms with Crippen LogP contribution in [0.15, 0.2) is 110 Å². The predicted molar refractivity (Wildman–Crippen MR) is 302 cm³/mol. The van der Waals surface area contributed by atoms with Crippen LogP contribution in [0.25, 0.3) is 33.8 Å². The minimum absolute atomic E-state index is 0.287. The van der Waals surface area contributed by atoms with E-state index in [9.17, 15) is 52.7 Å². The van der Waals surface area contributed by atoms with Gasteiger partial charge < -0.3 is 34.0 Å². The first kappa shape index (κ1) is 63.1. The molecule has 0 atom stereocenters. The summed E-state index contributed by atoms with van der Waals surface area (Å²) in [6, 6.07) is 21.2. The van der Waals surface area contributed by atoms with E-state index in [4.69, 9.17) is 10.00 Å². The number of aromatic nitrogens is 7. The highest BCUT2D eigenvalue weighted by Gasteiger charge is 2.34. The average molecular weight is 1210 g/mol. The number of pyridine rings is 1. The number of imidazole rings is 3. The van der Waals surface area contributed by atoms with Crippen molar-refractivity contribution < 1.29 is 57.5 Å². The number of carbonyl (C=O) groups is 1. The summed E-state index contributed by atoms with van der Waals surface area (Å²) in [6.07, 6.45) is -1.28. The molecule has 3 fully saturated rings. The number of piperidine rings is 2. The van der Waals surface area contributed by atoms with Gasteiger partial charge in [-0.1, -0.05) is 36.4 Å². The van der Waals surface area contributed by atoms with E-state index in [1.165, 1.54) is 35.0 Å². The number of carbonyl (C=O) groups excluding carboxylic acids is 1. The maximum atomic E-state index is 13.0. The molecule has 26 heteroatoms. The first-order valence-corrected chi connectivity index (χ1v) is 29.3. The van der Waals surface area contributed by atoms with Crippen molar-refractivity contribution in [2.75, 3.05) is 68.4 Å². The van der Waals surface area contributed by atoms with Gasteiger partial charge in [-0.2, -0.15) is 44.8 Å². The SMILES string of the molecule is CS(=O)(=O)N1CCC(Cc2ncc(-c3cccc(C(F)(F)F)c3)[nH]2)CC1.Cn1cc(-c2cccc(C(F)(F)F)c2)nc1CC1CCN(C(=O)OC(C)(C)C)CC1.N#Cc1ccc(N2CCN(c3ncc(-c4cccc(C(F)(F)F)c4)[nH]3)CC2)nc1. The van der Waals surface area contributed by atoms with Crippen LogP contribution in [0, 0.1) is 23.2 Å². The number of alkyl halides is 9. The van der Waals surface area contributed by atoms with Crippen LogP contribution in [-0.2, 0) is 53.2 Å². The van der Waals surface area contributed by atoms with Crippen LogP contribution >= 0.6 is 0 Å². The van der Waals surface area contributed by atoms with E-state index in [-0.39, 0.29) is 6.09 Å². The number of anilines is 2. The third kappa shape index (κ3) is 17.4. The summed E-state index contributed by atoms with van der Waals surface area (Å²) in [5.74, 6) is 3.64. The number of nitriles is 1. The maximum Gasteiger partial charge on any atom is 0.416 e. The number of hydrogen-bond acceptors (Lipinski definition) is 11. The monoisotopic (exact) mass is 1210 g/mol. The molecule has 0 aliphatic carbocycles. The molecule has 0 saturated carbocycles. The van der Waals surface area contributed by atoms with Gasteiger partial charge in [0, 0.05) is 101 Å². The third-order valence-corrected chi connectivity index (χ3v) is 16.0. The summed E-state index contributed by atoms with van der Waals surface area (Å²) >= 11 is 0. The van der Waals surface area contributed by atoms with E-state index >= 15 is 0 Å². The van der Waals surface area contributed by atoms with Gasteiger partial charge in [0.1, 0.15) is 29.1 Å². The molecule has 85 heavy (non-hydrogen) atoms. The van der Waals surface area contributed by atoms with Crippen molar-refractivity contribution in [3.8, 4) is 39.8 Å². The second kappa shape index (κ2) is 26.1. The Morgan fingerprint density at radius 2 is 1.15 bits per heavy atom. The average Bonchev–Trinajstić information content (AvgIpc) is 3.36. The fraction of sp³-hybridized carbons (Fsp3) is 0.424. The van der Waals surface area contributed by atoms with Crippen LogP contribution in [0.2, 0.25) is 0 Å². The van der Waals surface area contributed by atoms with Crippen LogP contribution < -0.4 is 9.80 Å². The zero-order valence-corrected chi connectivity index (χ0v) is 48.2. The second-order valence-corrected chi connectivity index (χ2v) is 24.2. The molecule has 10 rings (SSSR count). The Morgan fingerprint density at radius 1 is 0.647 bits per heavy atom. The van der Waals surface area contributed by atoms with Crippen molar-refractivity contribution in [3.63, 3.8) is 0 Å². The summed E-state index contributed by atoms with van der Waals surface area (Å²) in [5.41, 5.74) is 0.893. The molecule has 1 amide bonds. The van der Waals surface area contributed by atoms with E-state index in [1.54, 1.807) is 47.8 Å². The normalized spacial score (nSPS) is 16.0. The van der Waals surface area contributed by atoms with E-state index in [2.05, 4.69) is 39.7 Å². The third-order valence-electron chi connectivity index (χ3n) is 14.7. The van der Waals surface area contributed by atoms with Gasteiger partial charge in [-0.05, 0) is 107 Å². The molecule has 3 aliphatic heterocycles. The summed E-state index contributed by atoms with van der Waals surface area (Å²) in [5, 5.41) is 8.86. The molecule has 454 valence electrons. The number of benzene rings is 3. The maximum absolute atomic E-state index is 13.0. The largest absolute Gasteiger partial charge is 0.444 e. The Morgan fingerprint density at radius 3 is 1.67 bits per heavy atom. The van der Waals surface area contributed by atoms with Crippen molar-refractivity contribution in [2.24, 2.45) is 18.9 Å². The number of amides is 1. The number of aromatic amines is 2. The lowest BCUT2D eigenvalue weighted by Crippen LogP contribution is -2.47. The number of rotatable bonds is 10. The van der Waals surface area contributed by atoms with Crippen molar-refractivity contribution in [2.45, 2.75) is 83.4 Å². The topological polar surface area (TPSA) is 185 Å². The van der Waals surface area contributed by atoms with E-state index in [0.29, 0.717) is 109 Å². The molecule has 0 spiro atoms. The summed E-state index contributed by atoms with van der Waals surface area (Å²) in [7, 11) is -1.30. The predicted octanol–water partition coefficient (Wildman–Crippen LogP) is 12.3. The van der Waals surface area contributed by atoms with Crippen LogP contribution in [0.1, 0.15) is 80.4 Å². The molecule has 0 unspecified atom stereocenters. The van der Waals surface area contributed by atoms with Gasteiger partial charge in [0.2, 0.25) is 16.0 Å². The number of hydrogen-bond donors (Lipinski definition) is 2. The molecular formula is C59H65F9N12O4S. The van der Waals surface area contributed by atoms with Crippen molar-refractivity contribution >= 4 is 27.9 Å². The standard InChI is InChI=1S/C22H28F3N3O2.C20H17F3N6.C17H20F3N3O2S/c1-21(2,3)30-20(29)28-10-8-15(9-11-28)12-19-26-18(14-27(19)4)16-6-5-7-17(13-16)22(23,24)25;21-20(22,23)16-3-1-2-15(10-16)17-13-26-19(27-17)29-8-6-28(7-9-29)18-5-4-14(11-24)12-25-18;1-26(24,25)23-7-5-12(6-8-23)9-16-21-11-15(22-16)13-3-2-4-14(10-13)17(18,19)20/h5-7,13-15H,8-12H2,1-4H3;1-5,10,12-13H,6-9H2,(H,26,27);2-4,10-12H,5-9H2,1H3,(H,21,22). The number of H-pyrrole nitrogens is 2. The quantitative estimate of drug-likeness (QED) is 0.124. The Balaban J connectivity index is 0.000000166. The van der Waals surface area contributed by atoms with Gasteiger partial charge >= 0.3 is 24.6 Å². The molecule has 0 bridgehead atoms. The molecule has 4 aromatic heterocycles. The number of nitrogens with one attached hydrogen (secondary N) is 2. The Bertz CT molecular complexity index is 3530. The number of nitrogens with zero attached hydrogens (tertiary/aromatic N) is 10. The number of piperazine rings is 1. The molecule has 7 aromatic rings. The summed E-state index contributed by atoms with van der Waals surface area (Å²) in [6.45, 7) is 10.6. The summed E-state index contributed by atoms with van der Waals surface area (Å²) in [4.78, 5) is 41.8. The van der Waals surface area contributed by atoms with Gasteiger partial charge in [0.05, 0.1) is 58.0 Å². The first-order valence-electron chi connectivity index (χ1n) is 27.4. The second-order valence-electron chi connectivity index (χ2n) is 22.2. The number of aryl methyl sites for hydroxylation is 1. The van der Waals surface area contributed by atoms with E-state index in [0.717, 1.165) is 93.2 Å². The van der Waals surface area contributed by atoms with Gasteiger partial charge in [-0.15, -0.1) is 0 Å². The highest BCUT2D eigenvalue weighted by Crippen LogP contribution is 2.36. The fourth-order valence-corrected chi connectivity index (χ4v) is 10.9. The van der Waals surface area contributed by atoms with Gasteiger partial charge in [-0.3, -0.25) is 0 Å². The lowest BCUT2D eigenvalue weighted by atomic mass is 9.93. The Labute approximate surface area is 486 Å². The van der Waals surface area contributed by atoms with E-state index < -0.39 is 50.8 Å². The molecule has 7 heterocycles. The number of halogens is 9. The highest BCUT2D eigenvalue weighted by molar-refractivity contribution is 7.88. The van der Waals surface area contributed by atoms with Crippen LogP contribution in [0.3, 0.4) is 0 Å². The van der Waals surface area contributed by atoms with Gasteiger partial charge in [0.15, 0.2) is 0 Å². The van der Waals surface area contributed by atoms with Crippen LogP contribution in [0.5, 0.6) is 0 Å². The van der Waals surface area contributed by atoms with Crippen molar-refractivity contribution in [1.82, 2.24) is 43.7 Å². The molecule has 3 saturated heterocycles. The zero-order chi connectivity index (χ0) is 61.5. The number of likely N-dealkylation sites (tertiary alicyclic amines) is 1. The van der Waals surface area contributed by atoms with E-state index in [1.807, 2.05) is 44.5 Å². The van der Waals surface area contributed by atoms with Gasteiger partial charge in [-0.25, -0.2) is 37.5 Å². The first-order chi connectivity index (χ1) is 40.0. The highest BCUT2D eigenvalue weighted by atomic mass is 32.2. The molecule has 0 radical (unpaired) electrons. The minimum atomic E-state index is -4.38. The molecule has 3 aliphatic rings. The van der Waals surface area contributed by atoms with Crippen LogP contribution in [-0.4, -0.2) is 122 Å². The molecule has 16 nitrogen and oxygen atoms in total. The lowest BCUT2D eigenvalue weighted by Gasteiger charge is -2.35. The smallest absolute Gasteiger partial charge is 0.416 e. The minimum Gasteiger partial charge on any atom is -0.444 e. The zero-order valence-electron chi connectivity index (χ0n) is 47.4. The molecule has 2 N–H and O–H groups in total. The number of ether oxygens (including phenoxy) is 1. The fourth-order valence-electron chi connectivity index (χ4n) is 10.1.